The van der Waals surface area contributed by atoms with E-state index in [1.165, 1.54) is 18.9 Å². The van der Waals surface area contributed by atoms with Gasteiger partial charge in [-0.05, 0) is 42.4 Å². The first-order chi connectivity index (χ1) is 10.1. The second-order valence-electron chi connectivity index (χ2n) is 5.89. The molecule has 0 saturated heterocycles. The topological polar surface area (TPSA) is 45.0 Å². The first kappa shape index (κ1) is 15.9. The van der Waals surface area contributed by atoms with Crippen molar-refractivity contribution in [1.82, 2.24) is 5.32 Å². The lowest BCUT2D eigenvalue weighted by Crippen LogP contribution is -2.22. The van der Waals surface area contributed by atoms with E-state index in [1.807, 2.05) is 19.9 Å². The first-order valence-electron chi connectivity index (χ1n) is 7.65. The van der Waals surface area contributed by atoms with Gasteiger partial charge in [0.1, 0.15) is 5.82 Å². The van der Waals surface area contributed by atoms with E-state index >= 15 is 0 Å². The first-order valence-corrected chi connectivity index (χ1v) is 7.65. The van der Waals surface area contributed by atoms with Crippen molar-refractivity contribution in [1.29, 1.82) is 5.26 Å². The van der Waals surface area contributed by atoms with Gasteiger partial charge in [-0.25, -0.2) is 4.39 Å². The molecular weight excluding hydrogens is 267 g/mol. The van der Waals surface area contributed by atoms with Gasteiger partial charge in [-0.15, -0.1) is 0 Å². The lowest BCUT2D eigenvalue weighted by atomic mass is 9.95. The Labute approximate surface area is 126 Å². The van der Waals surface area contributed by atoms with Crippen molar-refractivity contribution in [2.45, 2.75) is 45.1 Å². The predicted octanol–water partition coefficient (Wildman–Crippen LogP) is 3.13. The van der Waals surface area contributed by atoms with Crippen LogP contribution in [0.25, 0.3) is 0 Å². The van der Waals surface area contributed by atoms with Crippen LogP contribution in [0.1, 0.15) is 49.3 Å². The average Bonchev–Trinajstić information content (AvgIpc) is 3.27. The Morgan fingerprint density at radius 2 is 2.14 bits per heavy atom. The molecule has 1 fully saturated rings. The van der Waals surface area contributed by atoms with Crippen LogP contribution >= 0.6 is 0 Å². The average molecular weight is 290 g/mol. The SMILES string of the molecule is CC(C)c1cc(CCOCCNC2CC2)c(C#N)cc1F. The van der Waals surface area contributed by atoms with Gasteiger partial charge >= 0.3 is 0 Å². The minimum absolute atomic E-state index is 0.111. The van der Waals surface area contributed by atoms with Crippen LogP contribution in [0.5, 0.6) is 0 Å². The monoisotopic (exact) mass is 290 g/mol. The summed E-state index contributed by atoms with van der Waals surface area (Å²) in [7, 11) is 0. The third kappa shape index (κ3) is 4.80. The lowest BCUT2D eigenvalue weighted by Gasteiger charge is -2.12. The Morgan fingerprint density at radius 1 is 1.38 bits per heavy atom. The van der Waals surface area contributed by atoms with E-state index in [-0.39, 0.29) is 11.7 Å². The van der Waals surface area contributed by atoms with Gasteiger partial charge in [0.05, 0.1) is 24.8 Å². The van der Waals surface area contributed by atoms with E-state index in [4.69, 9.17) is 10.00 Å². The number of nitrogens with one attached hydrogen (secondary N) is 1. The molecule has 0 aromatic heterocycles. The summed E-state index contributed by atoms with van der Waals surface area (Å²) in [6.45, 7) is 6.01. The molecule has 1 saturated carbocycles. The second-order valence-corrected chi connectivity index (χ2v) is 5.89. The standard InChI is InChI=1S/C17H23FN2O/c1-12(2)16-9-13(14(11-19)10-17(16)18)5-7-21-8-6-20-15-3-4-15/h9-10,12,15,20H,3-8H2,1-2H3. The van der Waals surface area contributed by atoms with E-state index in [9.17, 15) is 4.39 Å². The van der Waals surface area contributed by atoms with Gasteiger partial charge < -0.3 is 10.1 Å². The highest BCUT2D eigenvalue weighted by molar-refractivity contribution is 5.42. The van der Waals surface area contributed by atoms with Gasteiger partial charge in [0.15, 0.2) is 0 Å². The second kappa shape index (κ2) is 7.53. The summed E-state index contributed by atoms with van der Waals surface area (Å²) in [6.07, 6.45) is 3.20. The number of nitriles is 1. The number of benzene rings is 1. The molecule has 2 rings (SSSR count). The molecule has 1 aromatic carbocycles. The molecule has 0 radical (unpaired) electrons. The highest BCUT2D eigenvalue weighted by Crippen LogP contribution is 2.23. The highest BCUT2D eigenvalue weighted by atomic mass is 19.1. The Hall–Kier alpha value is -1.44. The molecule has 0 aliphatic heterocycles. The minimum atomic E-state index is -0.292. The molecule has 0 atom stereocenters. The minimum Gasteiger partial charge on any atom is -0.380 e. The molecule has 21 heavy (non-hydrogen) atoms. The van der Waals surface area contributed by atoms with Crippen LogP contribution in [0.3, 0.4) is 0 Å². The number of hydrogen-bond acceptors (Lipinski definition) is 3. The summed E-state index contributed by atoms with van der Waals surface area (Å²) >= 11 is 0. The molecule has 0 bridgehead atoms. The van der Waals surface area contributed by atoms with Crippen LogP contribution < -0.4 is 5.32 Å². The van der Waals surface area contributed by atoms with Crippen molar-refractivity contribution in [3.8, 4) is 6.07 Å². The Morgan fingerprint density at radius 3 is 2.76 bits per heavy atom. The molecule has 1 N–H and O–H groups in total. The number of nitrogens with zero attached hydrogens (tertiary/aromatic N) is 1. The van der Waals surface area contributed by atoms with E-state index in [0.29, 0.717) is 36.8 Å². The van der Waals surface area contributed by atoms with E-state index < -0.39 is 0 Å². The van der Waals surface area contributed by atoms with Crippen LogP contribution in [0, 0.1) is 17.1 Å². The summed E-state index contributed by atoms with van der Waals surface area (Å²) < 4.78 is 19.4. The maximum Gasteiger partial charge on any atom is 0.127 e. The van der Waals surface area contributed by atoms with Crippen LogP contribution in [-0.2, 0) is 11.2 Å². The van der Waals surface area contributed by atoms with Gasteiger partial charge in [-0.2, -0.15) is 5.26 Å². The fraction of sp³-hybridized carbons (Fsp3) is 0.588. The van der Waals surface area contributed by atoms with Gasteiger partial charge in [0, 0.05) is 12.6 Å². The molecule has 3 nitrogen and oxygen atoms in total. The summed E-state index contributed by atoms with van der Waals surface area (Å²) in [5.41, 5.74) is 1.95. The van der Waals surface area contributed by atoms with Gasteiger partial charge in [0.2, 0.25) is 0 Å². The van der Waals surface area contributed by atoms with Crippen LogP contribution in [0.15, 0.2) is 12.1 Å². The smallest absolute Gasteiger partial charge is 0.127 e. The summed E-state index contributed by atoms with van der Waals surface area (Å²) in [6, 6.07) is 5.92. The van der Waals surface area contributed by atoms with Crippen molar-refractivity contribution in [2.24, 2.45) is 0 Å². The van der Waals surface area contributed by atoms with Crippen molar-refractivity contribution in [3.63, 3.8) is 0 Å². The Bertz CT molecular complexity index is 518. The molecule has 4 heteroatoms. The number of ether oxygens (including phenoxy) is 1. The van der Waals surface area contributed by atoms with Crippen molar-refractivity contribution in [2.75, 3.05) is 19.8 Å². The van der Waals surface area contributed by atoms with Gasteiger partial charge in [-0.1, -0.05) is 19.9 Å². The Balaban J connectivity index is 1.85. The molecular formula is C17H23FN2O. The van der Waals surface area contributed by atoms with Crippen LogP contribution in [0.2, 0.25) is 0 Å². The van der Waals surface area contributed by atoms with E-state index in [2.05, 4.69) is 11.4 Å². The zero-order valence-corrected chi connectivity index (χ0v) is 12.8. The zero-order valence-electron chi connectivity index (χ0n) is 12.8. The summed E-state index contributed by atoms with van der Waals surface area (Å²) in [5.74, 6) is -0.181. The fourth-order valence-electron chi connectivity index (χ4n) is 2.30. The summed E-state index contributed by atoms with van der Waals surface area (Å²) in [4.78, 5) is 0. The third-order valence-electron chi connectivity index (χ3n) is 3.74. The van der Waals surface area contributed by atoms with Crippen LogP contribution in [0.4, 0.5) is 4.39 Å². The normalized spacial score (nSPS) is 14.4. The molecule has 0 heterocycles. The molecule has 1 aliphatic carbocycles. The van der Waals surface area contributed by atoms with Crippen LogP contribution in [-0.4, -0.2) is 25.8 Å². The van der Waals surface area contributed by atoms with Gasteiger partial charge in [-0.3, -0.25) is 0 Å². The molecule has 1 aliphatic rings. The quantitative estimate of drug-likeness (QED) is 0.748. The maximum absolute atomic E-state index is 13.8. The third-order valence-corrected chi connectivity index (χ3v) is 3.74. The predicted molar refractivity (Wildman–Crippen MR) is 80.8 cm³/mol. The molecule has 0 spiro atoms. The van der Waals surface area contributed by atoms with Crippen molar-refractivity contribution >= 4 is 0 Å². The molecule has 0 amide bonds. The molecule has 1 aromatic rings. The van der Waals surface area contributed by atoms with Crippen molar-refractivity contribution < 1.29 is 9.13 Å². The number of rotatable bonds is 8. The number of halogens is 1. The van der Waals surface area contributed by atoms with E-state index in [1.54, 1.807) is 0 Å². The van der Waals surface area contributed by atoms with Gasteiger partial charge in [0.25, 0.3) is 0 Å². The Kier molecular flexibility index (Phi) is 5.72. The zero-order chi connectivity index (χ0) is 15.2. The number of hydrogen-bond donors (Lipinski definition) is 1. The largest absolute Gasteiger partial charge is 0.380 e. The van der Waals surface area contributed by atoms with Crippen molar-refractivity contribution in [3.05, 3.63) is 34.6 Å². The highest BCUT2D eigenvalue weighted by Gasteiger charge is 2.19. The van der Waals surface area contributed by atoms with E-state index in [0.717, 1.165) is 12.1 Å². The lowest BCUT2D eigenvalue weighted by molar-refractivity contribution is 0.138. The molecule has 0 unspecified atom stereocenters. The fourth-order valence-corrected chi connectivity index (χ4v) is 2.30. The molecule has 114 valence electrons. The summed E-state index contributed by atoms with van der Waals surface area (Å²) in [5, 5.41) is 12.5. The maximum atomic E-state index is 13.8.